The molecule has 0 aromatic carbocycles. The summed E-state index contributed by atoms with van der Waals surface area (Å²) in [5.74, 6) is 0.838. The van der Waals surface area contributed by atoms with Gasteiger partial charge < -0.3 is 20.2 Å². The minimum absolute atomic E-state index is 0.439. The number of carbonyl (C=O) groups is 1. The van der Waals surface area contributed by atoms with E-state index in [-0.39, 0.29) is 0 Å². The Morgan fingerprint density at radius 2 is 2.04 bits per heavy atom. The fourth-order valence-electron chi connectivity index (χ4n) is 3.17. The van der Waals surface area contributed by atoms with E-state index >= 15 is 0 Å². The van der Waals surface area contributed by atoms with Crippen LogP contribution in [0, 0.1) is 0 Å². The van der Waals surface area contributed by atoms with Crippen molar-refractivity contribution in [1.82, 2.24) is 15.3 Å². The number of nitrogens with one attached hydrogen (secondary N) is 1. The third kappa shape index (κ3) is 3.72. The molecule has 23 heavy (non-hydrogen) atoms. The van der Waals surface area contributed by atoms with Crippen molar-refractivity contribution < 1.29 is 9.90 Å². The van der Waals surface area contributed by atoms with Crippen LogP contribution < -0.4 is 15.1 Å². The van der Waals surface area contributed by atoms with Gasteiger partial charge in [-0.05, 0) is 25.7 Å². The van der Waals surface area contributed by atoms with Gasteiger partial charge in [0.15, 0.2) is 0 Å². The Labute approximate surface area is 136 Å². The van der Waals surface area contributed by atoms with Crippen molar-refractivity contribution >= 4 is 17.7 Å². The van der Waals surface area contributed by atoms with E-state index in [1.807, 2.05) is 6.07 Å². The van der Waals surface area contributed by atoms with Gasteiger partial charge in [0.05, 0.1) is 0 Å². The second-order valence-corrected chi connectivity index (χ2v) is 6.21. The molecule has 1 atom stereocenters. The van der Waals surface area contributed by atoms with E-state index in [1.54, 1.807) is 0 Å². The molecular formula is C16H25N5O2. The van der Waals surface area contributed by atoms with E-state index in [4.69, 9.17) is 4.98 Å². The summed E-state index contributed by atoms with van der Waals surface area (Å²) >= 11 is 0. The van der Waals surface area contributed by atoms with Crippen molar-refractivity contribution in [3.63, 3.8) is 0 Å². The summed E-state index contributed by atoms with van der Waals surface area (Å²) in [6.45, 7) is 5.96. The summed E-state index contributed by atoms with van der Waals surface area (Å²) in [6, 6.07) is 1.46. The van der Waals surface area contributed by atoms with E-state index < -0.39 is 12.0 Å². The molecule has 7 nitrogen and oxygen atoms in total. The lowest BCUT2D eigenvalue weighted by Gasteiger charge is -2.33. The first-order valence-electron chi connectivity index (χ1n) is 8.51. The van der Waals surface area contributed by atoms with Gasteiger partial charge in [0.1, 0.15) is 11.9 Å². The van der Waals surface area contributed by atoms with E-state index in [2.05, 4.69) is 27.0 Å². The maximum absolute atomic E-state index is 11.2. The lowest BCUT2D eigenvalue weighted by Crippen LogP contribution is -2.54. The van der Waals surface area contributed by atoms with E-state index in [0.717, 1.165) is 43.5 Å². The molecule has 1 aromatic heterocycles. The van der Waals surface area contributed by atoms with Gasteiger partial charge in [0, 0.05) is 44.5 Å². The largest absolute Gasteiger partial charge is 0.480 e. The van der Waals surface area contributed by atoms with E-state index in [9.17, 15) is 9.90 Å². The number of aromatic nitrogens is 2. The molecule has 2 aliphatic heterocycles. The molecule has 1 aromatic rings. The highest BCUT2D eigenvalue weighted by atomic mass is 16.4. The quantitative estimate of drug-likeness (QED) is 0.853. The third-order valence-corrected chi connectivity index (χ3v) is 4.55. The Kier molecular flexibility index (Phi) is 4.95. The summed E-state index contributed by atoms with van der Waals surface area (Å²) < 4.78 is 0. The number of hydrogen-bond acceptors (Lipinski definition) is 6. The van der Waals surface area contributed by atoms with Crippen LogP contribution in [0.25, 0.3) is 0 Å². The minimum Gasteiger partial charge on any atom is -0.480 e. The third-order valence-electron chi connectivity index (χ3n) is 4.55. The normalized spacial score (nSPS) is 22.2. The van der Waals surface area contributed by atoms with Crippen LogP contribution in [0.1, 0.15) is 31.9 Å². The van der Waals surface area contributed by atoms with Crippen LogP contribution in [0.4, 0.5) is 11.8 Å². The number of nitrogens with zero attached hydrogens (tertiary/aromatic N) is 4. The molecule has 2 saturated heterocycles. The standard InChI is InChI=1S/C16H25N5O2/c1-2-12-10-14(21-9-6-17-13(11-21)15(22)23)19-16(18-12)20-7-4-3-5-8-20/h10,13,17H,2-9,11H2,1H3,(H,22,23)/t13-/m1/s1. The Morgan fingerprint density at radius 3 is 2.74 bits per heavy atom. The molecule has 3 rings (SSSR count). The number of anilines is 2. The Balaban J connectivity index is 1.84. The lowest BCUT2D eigenvalue weighted by molar-refractivity contribution is -0.139. The fourth-order valence-corrected chi connectivity index (χ4v) is 3.17. The number of carboxylic acids is 1. The molecule has 0 saturated carbocycles. The number of aliphatic carboxylic acids is 1. The van der Waals surface area contributed by atoms with Crippen LogP contribution in [0.2, 0.25) is 0 Å². The topological polar surface area (TPSA) is 81.6 Å². The van der Waals surface area contributed by atoms with Crippen molar-refractivity contribution in [3.05, 3.63) is 11.8 Å². The summed E-state index contributed by atoms with van der Waals surface area (Å²) in [5.41, 5.74) is 1.01. The summed E-state index contributed by atoms with van der Waals surface area (Å²) in [6.07, 6.45) is 4.49. The minimum atomic E-state index is -0.810. The van der Waals surface area contributed by atoms with Gasteiger partial charge in [-0.1, -0.05) is 6.92 Å². The van der Waals surface area contributed by atoms with Gasteiger partial charge in [-0.15, -0.1) is 0 Å². The molecule has 2 N–H and O–H groups in total. The first-order chi connectivity index (χ1) is 11.2. The average molecular weight is 319 g/mol. The number of carboxylic acid groups (broad SMARTS) is 1. The second kappa shape index (κ2) is 7.12. The fraction of sp³-hybridized carbons (Fsp3) is 0.688. The van der Waals surface area contributed by atoms with Gasteiger partial charge in [0.25, 0.3) is 0 Å². The zero-order valence-corrected chi connectivity index (χ0v) is 13.7. The molecule has 3 heterocycles. The number of hydrogen-bond donors (Lipinski definition) is 2. The SMILES string of the molecule is CCc1cc(N2CCN[C@@H](C(=O)O)C2)nc(N2CCCCC2)n1. The highest BCUT2D eigenvalue weighted by Gasteiger charge is 2.26. The summed E-state index contributed by atoms with van der Waals surface area (Å²) in [5, 5.41) is 12.3. The summed E-state index contributed by atoms with van der Waals surface area (Å²) in [4.78, 5) is 25.0. The van der Waals surface area contributed by atoms with Crippen molar-refractivity contribution in [2.45, 2.75) is 38.6 Å². The zero-order chi connectivity index (χ0) is 16.2. The van der Waals surface area contributed by atoms with Gasteiger partial charge in [-0.3, -0.25) is 4.79 Å². The molecule has 0 bridgehead atoms. The highest BCUT2D eigenvalue weighted by Crippen LogP contribution is 2.22. The van der Waals surface area contributed by atoms with Crippen LogP contribution >= 0.6 is 0 Å². The van der Waals surface area contributed by atoms with E-state index in [0.29, 0.717) is 13.1 Å². The van der Waals surface area contributed by atoms with Crippen LogP contribution in [-0.2, 0) is 11.2 Å². The maximum Gasteiger partial charge on any atom is 0.322 e. The van der Waals surface area contributed by atoms with Crippen LogP contribution in [0.15, 0.2) is 6.07 Å². The van der Waals surface area contributed by atoms with E-state index in [1.165, 1.54) is 19.3 Å². The van der Waals surface area contributed by atoms with Crippen LogP contribution in [0.5, 0.6) is 0 Å². The molecule has 0 spiro atoms. The van der Waals surface area contributed by atoms with Crippen molar-refractivity contribution in [3.8, 4) is 0 Å². The lowest BCUT2D eigenvalue weighted by atomic mass is 10.1. The average Bonchev–Trinajstić information content (AvgIpc) is 2.62. The van der Waals surface area contributed by atoms with Crippen molar-refractivity contribution in [2.24, 2.45) is 0 Å². The molecule has 0 amide bonds. The molecule has 0 unspecified atom stereocenters. The maximum atomic E-state index is 11.2. The van der Waals surface area contributed by atoms with Crippen molar-refractivity contribution in [2.75, 3.05) is 42.5 Å². The molecule has 0 aliphatic carbocycles. The zero-order valence-electron chi connectivity index (χ0n) is 13.7. The number of aryl methyl sites for hydroxylation is 1. The highest BCUT2D eigenvalue weighted by molar-refractivity contribution is 5.74. The first kappa shape index (κ1) is 16.0. The number of rotatable bonds is 4. The van der Waals surface area contributed by atoms with Gasteiger partial charge in [-0.25, -0.2) is 4.98 Å². The number of piperazine rings is 1. The predicted octanol–water partition coefficient (Wildman–Crippen LogP) is 0.892. The van der Waals surface area contributed by atoms with Crippen LogP contribution in [-0.4, -0.2) is 59.8 Å². The smallest absolute Gasteiger partial charge is 0.322 e. The van der Waals surface area contributed by atoms with Crippen LogP contribution in [0.3, 0.4) is 0 Å². The predicted molar refractivity (Wildman–Crippen MR) is 89.1 cm³/mol. The molecule has 2 aliphatic rings. The molecule has 126 valence electrons. The molecule has 2 fully saturated rings. The van der Waals surface area contributed by atoms with Gasteiger partial charge >= 0.3 is 5.97 Å². The summed E-state index contributed by atoms with van der Waals surface area (Å²) in [7, 11) is 0. The Morgan fingerprint density at radius 1 is 1.26 bits per heavy atom. The monoisotopic (exact) mass is 319 g/mol. The second-order valence-electron chi connectivity index (χ2n) is 6.21. The van der Waals surface area contributed by atoms with Crippen molar-refractivity contribution in [1.29, 1.82) is 0 Å². The Hall–Kier alpha value is -1.89. The molecule has 7 heteroatoms. The first-order valence-corrected chi connectivity index (χ1v) is 8.51. The van der Waals surface area contributed by atoms with Gasteiger partial charge in [0.2, 0.25) is 5.95 Å². The molecule has 0 radical (unpaired) electrons. The van der Waals surface area contributed by atoms with Gasteiger partial charge in [-0.2, -0.15) is 4.98 Å². The molecular weight excluding hydrogens is 294 g/mol. The Bertz CT molecular complexity index is 559. The number of piperidine rings is 1.